The highest BCUT2D eigenvalue weighted by molar-refractivity contribution is 5.81. The van der Waals surface area contributed by atoms with Crippen molar-refractivity contribution in [3.8, 4) is 0 Å². The molecule has 0 aliphatic carbocycles. The van der Waals surface area contributed by atoms with Crippen LogP contribution in [0.25, 0.3) is 0 Å². The second-order valence-electron chi connectivity index (χ2n) is 4.91. The number of nitrogens with one attached hydrogen (secondary N) is 1. The first-order chi connectivity index (χ1) is 7.51. The van der Waals surface area contributed by atoms with Crippen molar-refractivity contribution < 1.29 is 4.79 Å². The van der Waals surface area contributed by atoms with Gasteiger partial charge >= 0.3 is 0 Å². The van der Waals surface area contributed by atoms with Gasteiger partial charge in [0, 0.05) is 6.04 Å². The first-order valence-corrected chi connectivity index (χ1v) is 6.57. The zero-order chi connectivity index (χ0) is 12.6. The molecular formula is C13H28N2O. The number of carbonyl (C=O) groups excluding carboxylic acids is 1. The highest BCUT2D eigenvalue weighted by Gasteiger charge is 2.16. The van der Waals surface area contributed by atoms with Gasteiger partial charge in [-0.2, -0.15) is 0 Å². The first kappa shape index (κ1) is 15.4. The van der Waals surface area contributed by atoms with E-state index in [1.165, 1.54) is 0 Å². The van der Waals surface area contributed by atoms with E-state index in [0.717, 1.165) is 32.1 Å². The Hall–Kier alpha value is -0.570. The van der Waals surface area contributed by atoms with Gasteiger partial charge in [0.2, 0.25) is 5.91 Å². The molecule has 0 bridgehead atoms. The third-order valence-corrected chi connectivity index (χ3v) is 3.05. The van der Waals surface area contributed by atoms with E-state index in [9.17, 15) is 4.79 Å². The smallest absolute Gasteiger partial charge is 0.237 e. The fourth-order valence-corrected chi connectivity index (χ4v) is 1.73. The van der Waals surface area contributed by atoms with E-state index < -0.39 is 0 Å². The summed E-state index contributed by atoms with van der Waals surface area (Å²) in [6.45, 7) is 8.54. The molecule has 3 N–H and O–H groups in total. The zero-order valence-electron chi connectivity index (χ0n) is 11.3. The van der Waals surface area contributed by atoms with Gasteiger partial charge in [0.15, 0.2) is 0 Å². The lowest BCUT2D eigenvalue weighted by Gasteiger charge is -2.19. The van der Waals surface area contributed by atoms with Crippen molar-refractivity contribution in [1.82, 2.24) is 5.32 Å². The van der Waals surface area contributed by atoms with E-state index in [1.54, 1.807) is 0 Å². The van der Waals surface area contributed by atoms with Gasteiger partial charge in [-0.05, 0) is 25.7 Å². The third-order valence-electron chi connectivity index (χ3n) is 3.05. The second kappa shape index (κ2) is 8.57. The third kappa shape index (κ3) is 6.83. The van der Waals surface area contributed by atoms with Gasteiger partial charge in [0.05, 0.1) is 6.04 Å². The summed E-state index contributed by atoms with van der Waals surface area (Å²) in [4.78, 5) is 11.7. The van der Waals surface area contributed by atoms with Gasteiger partial charge < -0.3 is 11.1 Å². The van der Waals surface area contributed by atoms with Crippen LogP contribution >= 0.6 is 0 Å². The first-order valence-electron chi connectivity index (χ1n) is 6.57. The van der Waals surface area contributed by atoms with Crippen LogP contribution in [0.15, 0.2) is 0 Å². The minimum atomic E-state index is -0.334. The summed E-state index contributed by atoms with van der Waals surface area (Å²) in [7, 11) is 0. The van der Waals surface area contributed by atoms with Crippen LogP contribution in [0.5, 0.6) is 0 Å². The standard InChI is InChI=1S/C13H28N2O/c1-5-7-8-12(14)13(16)15-11(4)9-10(3)6-2/h10-12H,5-9,14H2,1-4H3,(H,15,16). The molecule has 0 aromatic rings. The molecule has 0 aromatic carbocycles. The molecule has 3 unspecified atom stereocenters. The van der Waals surface area contributed by atoms with Crippen LogP contribution in [0.3, 0.4) is 0 Å². The number of nitrogens with two attached hydrogens (primary N) is 1. The molecule has 0 saturated heterocycles. The summed E-state index contributed by atoms with van der Waals surface area (Å²) in [6.07, 6.45) is 5.08. The minimum absolute atomic E-state index is 0.00394. The van der Waals surface area contributed by atoms with Crippen LogP contribution in [-0.2, 0) is 4.79 Å². The molecule has 16 heavy (non-hydrogen) atoms. The number of rotatable bonds is 8. The minimum Gasteiger partial charge on any atom is -0.352 e. The van der Waals surface area contributed by atoms with Gasteiger partial charge in [-0.25, -0.2) is 0 Å². The quantitative estimate of drug-likeness (QED) is 0.670. The van der Waals surface area contributed by atoms with Gasteiger partial charge in [-0.1, -0.05) is 40.0 Å². The number of hydrogen-bond acceptors (Lipinski definition) is 2. The normalized spacial score (nSPS) is 16.6. The molecule has 0 aliphatic rings. The number of unbranched alkanes of at least 4 members (excludes halogenated alkanes) is 1. The van der Waals surface area contributed by atoms with E-state index >= 15 is 0 Å². The molecule has 0 heterocycles. The highest BCUT2D eigenvalue weighted by Crippen LogP contribution is 2.09. The van der Waals surface area contributed by atoms with Crippen molar-refractivity contribution in [2.24, 2.45) is 11.7 Å². The number of carbonyl (C=O) groups is 1. The van der Waals surface area contributed by atoms with Gasteiger partial charge in [0.25, 0.3) is 0 Å². The van der Waals surface area contributed by atoms with Crippen LogP contribution in [-0.4, -0.2) is 18.0 Å². The molecule has 3 atom stereocenters. The molecule has 0 rings (SSSR count). The number of hydrogen-bond donors (Lipinski definition) is 2. The average molecular weight is 228 g/mol. The lowest BCUT2D eigenvalue weighted by molar-refractivity contribution is -0.123. The van der Waals surface area contributed by atoms with Gasteiger partial charge in [-0.3, -0.25) is 4.79 Å². The monoisotopic (exact) mass is 228 g/mol. The molecule has 3 heteroatoms. The van der Waals surface area contributed by atoms with E-state index in [-0.39, 0.29) is 18.0 Å². The van der Waals surface area contributed by atoms with Crippen molar-refractivity contribution in [3.63, 3.8) is 0 Å². The van der Waals surface area contributed by atoms with Crippen LogP contribution < -0.4 is 11.1 Å². The topological polar surface area (TPSA) is 55.1 Å². The van der Waals surface area contributed by atoms with Crippen molar-refractivity contribution >= 4 is 5.91 Å². The van der Waals surface area contributed by atoms with E-state index in [4.69, 9.17) is 5.73 Å². The van der Waals surface area contributed by atoms with Crippen molar-refractivity contribution in [2.45, 2.75) is 71.9 Å². The molecule has 0 fully saturated rings. The predicted octanol–water partition coefficient (Wildman–Crippen LogP) is 2.44. The fourth-order valence-electron chi connectivity index (χ4n) is 1.73. The molecule has 0 saturated carbocycles. The maximum absolute atomic E-state index is 11.7. The predicted molar refractivity (Wildman–Crippen MR) is 69.2 cm³/mol. The lowest BCUT2D eigenvalue weighted by Crippen LogP contribution is -2.44. The van der Waals surface area contributed by atoms with E-state index in [0.29, 0.717) is 5.92 Å². The largest absolute Gasteiger partial charge is 0.352 e. The number of amides is 1. The van der Waals surface area contributed by atoms with Crippen molar-refractivity contribution in [2.75, 3.05) is 0 Å². The zero-order valence-corrected chi connectivity index (χ0v) is 11.3. The Morgan fingerprint density at radius 2 is 1.94 bits per heavy atom. The average Bonchev–Trinajstić information content (AvgIpc) is 2.25. The summed E-state index contributed by atoms with van der Waals surface area (Å²) in [5, 5.41) is 2.99. The van der Waals surface area contributed by atoms with Crippen LogP contribution in [0, 0.1) is 5.92 Å². The van der Waals surface area contributed by atoms with Gasteiger partial charge in [0.1, 0.15) is 0 Å². The summed E-state index contributed by atoms with van der Waals surface area (Å²) in [6, 6.07) is -0.102. The maximum atomic E-state index is 11.7. The summed E-state index contributed by atoms with van der Waals surface area (Å²) >= 11 is 0. The molecule has 1 amide bonds. The molecule has 3 nitrogen and oxygen atoms in total. The van der Waals surface area contributed by atoms with Crippen molar-refractivity contribution in [3.05, 3.63) is 0 Å². The summed E-state index contributed by atoms with van der Waals surface area (Å²) in [5.74, 6) is 0.659. The van der Waals surface area contributed by atoms with Crippen LogP contribution in [0.4, 0.5) is 0 Å². The fraction of sp³-hybridized carbons (Fsp3) is 0.923. The summed E-state index contributed by atoms with van der Waals surface area (Å²) < 4.78 is 0. The lowest BCUT2D eigenvalue weighted by atomic mass is 10.00. The highest BCUT2D eigenvalue weighted by atomic mass is 16.2. The molecule has 0 aliphatic heterocycles. The van der Waals surface area contributed by atoms with Crippen molar-refractivity contribution in [1.29, 1.82) is 0 Å². The van der Waals surface area contributed by atoms with E-state index in [1.807, 2.05) is 0 Å². The Bertz CT molecular complexity index is 194. The Morgan fingerprint density at radius 3 is 2.44 bits per heavy atom. The molecule has 96 valence electrons. The van der Waals surface area contributed by atoms with E-state index in [2.05, 4.69) is 33.0 Å². The van der Waals surface area contributed by atoms with Gasteiger partial charge in [-0.15, -0.1) is 0 Å². The maximum Gasteiger partial charge on any atom is 0.237 e. The molecule has 0 radical (unpaired) electrons. The molecular weight excluding hydrogens is 200 g/mol. The second-order valence-corrected chi connectivity index (χ2v) is 4.91. The Balaban J connectivity index is 3.84. The van der Waals surface area contributed by atoms with Crippen LogP contribution in [0.1, 0.15) is 59.8 Å². The Labute approximate surface area is 100 Å². The van der Waals surface area contributed by atoms with Crippen LogP contribution in [0.2, 0.25) is 0 Å². The Morgan fingerprint density at radius 1 is 1.31 bits per heavy atom. The molecule has 0 spiro atoms. The Kier molecular flexibility index (Phi) is 8.26. The SMILES string of the molecule is CCCCC(N)C(=O)NC(C)CC(C)CC. The molecule has 0 aromatic heterocycles. The summed E-state index contributed by atoms with van der Waals surface area (Å²) in [5.41, 5.74) is 5.80.